The number of hydrogen-bond donors (Lipinski definition) is 1. The predicted octanol–water partition coefficient (Wildman–Crippen LogP) is -0.135. The fourth-order valence-corrected chi connectivity index (χ4v) is 3.10. The van der Waals surface area contributed by atoms with Crippen molar-refractivity contribution in [3.8, 4) is 6.07 Å². The molecule has 0 aliphatic carbocycles. The summed E-state index contributed by atoms with van der Waals surface area (Å²) in [5.41, 5.74) is -1.08. The van der Waals surface area contributed by atoms with E-state index in [1.54, 1.807) is 7.05 Å². The monoisotopic (exact) mass is 335 g/mol. The normalized spacial score (nSPS) is 22.8. The lowest BCUT2D eigenvalue weighted by Crippen LogP contribution is -2.51. The second-order valence-electron chi connectivity index (χ2n) is 6.48. The molecule has 132 valence electrons. The van der Waals surface area contributed by atoms with Crippen molar-refractivity contribution in [1.29, 1.82) is 5.26 Å². The quantitative estimate of drug-likeness (QED) is 0.824. The molecule has 1 aliphatic rings. The minimum atomic E-state index is -0.579. The highest BCUT2D eigenvalue weighted by molar-refractivity contribution is 5.51. The summed E-state index contributed by atoms with van der Waals surface area (Å²) in [5.74, 6) is 0.270. The number of morpholine rings is 1. The summed E-state index contributed by atoms with van der Waals surface area (Å²) in [5, 5.41) is 12.4. The molecule has 0 bridgehead atoms. The first kappa shape index (κ1) is 18.2. The van der Waals surface area contributed by atoms with E-state index >= 15 is 0 Å². The Morgan fingerprint density at radius 1 is 1.25 bits per heavy atom. The fraction of sp³-hybridized carbons (Fsp3) is 0.688. The molecule has 0 amide bonds. The van der Waals surface area contributed by atoms with Gasteiger partial charge in [-0.1, -0.05) is 0 Å². The van der Waals surface area contributed by atoms with Crippen LogP contribution in [0.4, 0.5) is 5.82 Å². The van der Waals surface area contributed by atoms with Crippen molar-refractivity contribution < 1.29 is 4.74 Å². The summed E-state index contributed by atoms with van der Waals surface area (Å²) in [7, 11) is 2.92. The Balaban J connectivity index is 2.19. The molecule has 24 heavy (non-hydrogen) atoms. The molecular formula is C16H25N5O3. The smallest absolute Gasteiger partial charge is 0.332 e. The number of anilines is 1. The van der Waals surface area contributed by atoms with Gasteiger partial charge in [-0.25, -0.2) is 4.79 Å². The molecule has 1 saturated heterocycles. The van der Waals surface area contributed by atoms with E-state index < -0.39 is 11.2 Å². The highest BCUT2D eigenvalue weighted by Gasteiger charge is 2.26. The van der Waals surface area contributed by atoms with Crippen LogP contribution >= 0.6 is 0 Å². The number of nitrogens with zero attached hydrogens (tertiary/aromatic N) is 4. The van der Waals surface area contributed by atoms with Gasteiger partial charge in [0.25, 0.3) is 5.56 Å². The minimum absolute atomic E-state index is 0.0458. The average molecular weight is 335 g/mol. The second-order valence-corrected chi connectivity index (χ2v) is 6.48. The van der Waals surface area contributed by atoms with Crippen LogP contribution in [-0.2, 0) is 18.8 Å². The molecular weight excluding hydrogens is 310 g/mol. The highest BCUT2D eigenvalue weighted by Crippen LogP contribution is 2.14. The summed E-state index contributed by atoms with van der Waals surface area (Å²) in [4.78, 5) is 26.4. The summed E-state index contributed by atoms with van der Waals surface area (Å²) in [6.07, 6.45) is 0.332. The van der Waals surface area contributed by atoms with Gasteiger partial charge < -0.3 is 10.1 Å². The largest absolute Gasteiger partial charge is 0.373 e. The molecule has 3 atom stereocenters. The molecule has 1 fully saturated rings. The standard InChI is InChI=1S/C16H25N5O3/c1-10(21-8-11(2)24-12(3)9-21)7-18-14-13(6-17)15(22)20(5)16(23)19(14)4/h10-12,18H,7-9H2,1-5H3/t10-,11-,12+/m1/s1. The third-order valence-corrected chi connectivity index (χ3v) is 4.41. The van der Waals surface area contributed by atoms with Gasteiger partial charge in [0, 0.05) is 39.8 Å². The molecule has 1 aromatic heterocycles. The Morgan fingerprint density at radius 2 is 1.83 bits per heavy atom. The second kappa shape index (κ2) is 7.20. The van der Waals surface area contributed by atoms with Crippen LogP contribution in [0.5, 0.6) is 0 Å². The Labute approximate surface area is 141 Å². The van der Waals surface area contributed by atoms with Crippen molar-refractivity contribution >= 4 is 5.82 Å². The van der Waals surface area contributed by atoms with Gasteiger partial charge in [0.1, 0.15) is 11.9 Å². The van der Waals surface area contributed by atoms with Gasteiger partial charge in [-0.15, -0.1) is 0 Å². The molecule has 2 heterocycles. The van der Waals surface area contributed by atoms with E-state index in [0.29, 0.717) is 6.54 Å². The lowest BCUT2D eigenvalue weighted by atomic mass is 10.1. The molecule has 1 aliphatic heterocycles. The maximum atomic E-state index is 12.1. The zero-order valence-corrected chi connectivity index (χ0v) is 14.9. The molecule has 8 heteroatoms. The molecule has 2 rings (SSSR count). The lowest BCUT2D eigenvalue weighted by Gasteiger charge is -2.39. The van der Waals surface area contributed by atoms with Crippen molar-refractivity contribution in [2.24, 2.45) is 14.1 Å². The Bertz CT molecular complexity index is 751. The van der Waals surface area contributed by atoms with Crippen molar-refractivity contribution in [3.05, 3.63) is 26.4 Å². The average Bonchev–Trinajstić information content (AvgIpc) is 2.53. The van der Waals surface area contributed by atoms with Crippen LogP contribution < -0.4 is 16.6 Å². The van der Waals surface area contributed by atoms with Crippen LogP contribution in [-0.4, -0.2) is 51.9 Å². The first-order valence-electron chi connectivity index (χ1n) is 8.09. The Kier molecular flexibility index (Phi) is 5.47. The van der Waals surface area contributed by atoms with Crippen molar-refractivity contribution in [2.45, 2.75) is 39.0 Å². The topological polar surface area (TPSA) is 92.3 Å². The van der Waals surface area contributed by atoms with E-state index in [0.717, 1.165) is 17.7 Å². The van der Waals surface area contributed by atoms with Crippen LogP contribution in [0, 0.1) is 11.3 Å². The first-order valence-corrected chi connectivity index (χ1v) is 8.09. The van der Waals surface area contributed by atoms with E-state index in [4.69, 9.17) is 4.74 Å². The molecule has 0 radical (unpaired) electrons. The Morgan fingerprint density at radius 3 is 2.38 bits per heavy atom. The lowest BCUT2D eigenvalue weighted by molar-refractivity contribution is -0.0769. The molecule has 1 aromatic rings. The summed E-state index contributed by atoms with van der Waals surface area (Å²) in [6, 6.07) is 2.07. The molecule has 0 unspecified atom stereocenters. The van der Waals surface area contributed by atoms with Gasteiger partial charge in [-0.05, 0) is 20.8 Å². The van der Waals surface area contributed by atoms with E-state index in [1.807, 2.05) is 19.9 Å². The van der Waals surface area contributed by atoms with Crippen molar-refractivity contribution in [2.75, 3.05) is 25.0 Å². The van der Waals surface area contributed by atoms with E-state index in [-0.39, 0.29) is 29.6 Å². The number of aromatic nitrogens is 2. The number of ether oxygens (including phenoxy) is 1. The number of nitriles is 1. The zero-order valence-electron chi connectivity index (χ0n) is 14.9. The summed E-state index contributed by atoms with van der Waals surface area (Å²) < 4.78 is 7.98. The molecule has 1 N–H and O–H groups in total. The highest BCUT2D eigenvalue weighted by atomic mass is 16.5. The van der Waals surface area contributed by atoms with Gasteiger partial charge >= 0.3 is 5.69 Å². The van der Waals surface area contributed by atoms with Crippen LogP contribution in [0.1, 0.15) is 26.3 Å². The molecule has 0 spiro atoms. The van der Waals surface area contributed by atoms with Crippen LogP contribution in [0.2, 0.25) is 0 Å². The number of rotatable bonds is 4. The van der Waals surface area contributed by atoms with Crippen LogP contribution in [0.3, 0.4) is 0 Å². The number of nitrogens with one attached hydrogen (secondary N) is 1. The maximum Gasteiger partial charge on any atom is 0.332 e. The van der Waals surface area contributed by atoms with Crippen molar-refractivity contribution in [3.63, 3.8) is 0 Å². The fourth-order valence-electron chi connectivity index (χ4n) is 3.10. The molecule has 8 nitrogen and oxygen atoms in total. The van der Waals surface area contributed by atoms with Crippen LogP contribution in [0.15, 0.2) is 9.59 Å². The van der Waals surface area contributed by atoms with E-state index in [2.05, 4.69) is 17.1 Å². The van der Waals surface area contributed by atoms with E-state index in [1.165, 1.54) is 11.6 Å². The van der Waals surface area contributed by atoms with Gasteiger partial charge in [0.15, 0.2) is 5.56 Å². The van der Waals surface area contributed by atoms with Gasteiger partial charge in [-0.2, -0.15) is 5.26 Å². The Hall–Kier alpha value is -2.11. The third kappa shape index (κ3) is 3.52. The van der Waals surface area contributed by atoms with Gasteiger partial charge in [0.2, 0.25) is 0 Å². The van der Waals surface area contributed by atoms with Crippen molar-refractivity contribution in [1.82, 2.24) is 14.0 Å². The SMILES string of the molecule is C[C@@H]1CN([C@H](C)CNc2c(C#N)c(=O)n(C)c(=O)n2C)C[C@H](C)O1. The van der Waals surface area contributed by atoms with Gasteiger partial charge in [0.05, 0.1) is 12.2 Å². The maximum absolute atomic E-state index is 12.1. The number of hydrogen-bond acceptors (Lipinski definition) is 6. The minimum Gasteiger partial charge on any atom is -0.373 e. The third-order valence-electron chi connectivity index (χ3n) is 4.41. The summed E-state index contributed by atoms with van der Waals surface area (Å²) in [6.45, 7) is 8.33. The van der Waals surface area contributed by atoms with Crippen LogP contribution in [0.25, 0.3) is 0 Å². The zero-order chi connectivity index (χ0) is 18.0. The van der Waals surface area contributed by atoms with Gasteiger partial charge in [-0.3, -0.25) is 18.8 Å². The molecule has 0 saturated carbocycles. The first-order chi connectivity index (χ1) is 11.3. The molecule has 0 aromatic carbocycles. The van der Waals surface area contributed by atoms with E-state index in [9.17, 15) is 14.9 Å². The predicted molar refractivity (Wildman–Crippen MR) is 91.2 cm³/mol. The summed E-state index contributed by atoms with van der Waals surface area (Å²) >= 11 is 0.